The highest BCUT2D eigenvalue weighted by Crippen LogP contribution is 2.31. The molecule has 1 heterocycles. The van der Waals surface area contributed by atoms with Crippen LogP contribution in [0.3, 0.4) is 0 Å². The molecule has 0 amide bonds. The van der Waals surface area contributed by atoms with Crippen LogP contribution in [0.1, 0.15) is 0 Å². The summed E-state index contributed by atoms with van der Waals surface area (Å²) in [4.78, 5) is 4.87. The maximum absolute atomic E-state index is 6.18. The van der Waals surface area contributed by atoms with Crippen LogP contribution in [0.4, 0.5) is 0 Å². The van der Waals surface area contributed by atoms with E-state index in [9.17, 15) is 0 Å². The van der Waals surface area contributed by atoms with Crippen molar-refractivity contribution >= 4 is 23.2 Å². The first-order valence-electron chi connectivity index (χ1n) is 8.28. The molecule has 1 nitrogen and oxygen atoms in total. The fourth-order valence-electron chi connectivity index (χ4n) is 2.89. The number of hydrogen-bond donors (Lipinski definition) is 0. The molecule has 0 radical (unpaired) electrons. The first-order chi connectivity index (χ1) is 12.7. The third-order valence-electron chi connectivity index (χ3n) is 4.19. The average Bonchev–Trinajstić information content (AvgIpc) is 2.69. The van der Waals surface area contributed by atoms with Crippen LogP contribution in [0.2, 0.25) is 10.0 Å². The van der Waals surface area contributed by atoms with Gasteiger partial charge in [-0.1, -0.05) is 77.8 Å². The van der Waals surface area contributed by atoms with Gasteiger partial charge in [0.1, 0.15) is 0 Å². The predicted octanol–water partition coefficient (Wildman–Crippen LogP) is 7.39. The lowest BCUT2D eigenvalue weighted by Gasteiger charge is -2.10. The molecule has 0 aliphatic heterocycles. The number of benzene rings is 3. The minimum absolute atomic E-state index is 0.697. The first-order valence-corrected chi connectivity index (χ1v) is 9.04. The van der Waals surface area contributed by atoms with Gasteiger partial charge in [0.2, 0.25) is 0 Å². The number of nitrogens with zero attached hydrogens (tertiary/aromatic N) is 1. The molecule has 0 N–H and O–H groups in total. The van der Waals surface area contributed by atoms with E-state index in [2.05, 4.69) is 24.3 Å². The van der Waals surface area contributed by atoms with Gasteiger partial charge in [-0.15, -0.1) is 0 Å². The second-order valence-corrected chi connectivity index (χ2v) is 6.88. The quantitative estimate of drug-likeness (QED) is 0.363. The first kappa shape index (κ1) is 16.8. The van der Waals surface area contributed by atoms with Crippen molar-refractivity contribution in [2.24, 2.45) is 0 Å². The average molecular weight is 376 g/mol. The van der Waals surface area contributed by atoms with Crippen LogP contribution in [0.15, 0.2) is 91.0 Å². The van der Waals surface area contributed by atoms with Crippen LogP contribution in [-0.4, -0.2) is 4.98 Å². The van der Waals surface area contributed by atoms with Crippen molar-refractivity contribution in [3.8, 4) is 33.6 Å². The van der Waals surface area contributed by atoms with E-state index < -0.39 is 0 Å². The standard InChI is InChI=1S/C23H15Cl2N/c24-20-11-9-17(10-12-20)22-14-19(16-5-2-1-3-6-16)15-23(26-22)18-7-4-8-21(25)13-18/h1-15H. The fourth-order valence-corrected chi connectivity index (χ4v) is 3.21. The summed E-state index contributed by atoms with van der Waals surface area (Å²) in [5, 5.41) is 1.41. The predicted molar refractivity (Wildman–Crippen MR) is 111 cm³/mol. The summed E-state index contributed by atoms with van der Waals surface area (Å²) in [6, 6.07) is 30.0. The number of hydrogen-bond acceptors (Lipinski definition) is 1. The summed E-state index contributed by atoms with van der Waals surface area (Å²) in [6.45, 7) is 0. The van der Waals surface area contributed by atoms with E-state index in [1.54, 1.807) is 0 Å². The van der Waals surface area contributed by atoms with E-state index in [1.807, 2.05) is 66.7 Å². The third kappa shape index (κ3) is 3.65. The van der Waals surface area contributed by atoms with Crippen molar-refractivity contribution in [3.63, 3.8) is 0 Å². The van der Waals surface area contributed by atoms with Gasteiger partial charge in [0.15, 0.2) is 0 Å². The van der Waals surface area contributed by atoms with Gasteiger partial charge in [-0.05, 0) is 47.5 Å². The number of aromatic nitrogens is 1. The van der Waals surface area contributed by atoms with Gasteiger partial charge in [-0.2, -0.15) is 0 Å². The Morgan fingerprint density at radius 3 is 1.81 bits per heavy atom. The van der Waals surface area contributed by atoms with Gasteiger partial charge in [0.25, 0.3) is 0 Å². The topological polar surface area (TPSA) is 12.9 Å². The SMILES string of the molecule is Clc1ccc(-c2cc(-c3ccccc3)cc(-c3cccc(Cl)c3)n2)cc1. The van der Waals surface area contributed by atoms with E-state index in [4.69, 9.17) is 28.2 Å². The Morgan fingerprint density at radius 1 is 0.462 bits per heavy atom. The van der Waals surface area contributed by atoms with Crippen molar-refractivity contribution in [2.45, 2.75) is 0 Å². The molecule has 126 valence electrons. The zero-order valence-electron chi connectivity index (χ0n) is 13.9. The number of pyridine rings is 1. The van der Waals surface area contributed by atoms with Crippen molar-refractivity contribution in [2.75, 3.05) is 0 Å². The maximum atomic E-state index is 6.18. The summed E-state index contributed by atoms with van der Waals surface area (Å²) in [6.07, 6.45) is 0. The minimum atomic E-state index is 0.697. The van der Waals surface area contributed by atoms with Crippen LogP contribution >= 0.6 is 23.2 Å². The van der Waals surface area contributed by atoms with Gasteiger partial charge in [0.05, 0.1) is 11.4 Å². The molecule has 0 atom stereocenters. The van der Waals surface area contributed by atoms with E-state index in [0.717, 1.165) is 33.6 Å². The second kappa shape index (κ2) is 7.33. The summed E-state index contributed by atoms with van der Waals surface area (Å²) in [7, 11) is 0. The maximum Gasteiger partial charge on any atom is 0.0716 e. The molecule has 0 fully saturated rings. The summed E-state index contributed by atoms with van der Waals surface area (Å²) in [5.41, 5.74) is 6.06. The van der Waals surface area contributed by atoms with Crippen molar-refractivity contribution < 1.29 is 0 Å². The lowest BCUT2D eigenvalue weighted by Crippen LogP contribution is -1.91. The number of rotatable bonds is 3. The van der Waals surface area contributed by atoms with Gasteiger partial charge in [-0.25, -0.2) is 4.98 Å². The Morgan fingerprint density at radius 2 is 1.12 bits per heavy atom. The lowest BCUT2D eigenvalue weighted by molar-refractivity contribution is 1.32. The molecule has 3 aromatic carbocycles. The van der Waals surface area contributed by atoms with Gasteiger partial charge < -0.3 is 0 Å². The number of halogens is 2. The third-order valence-corrected chi connectivity index (χ3v) is 4.68. The molecule has 0 aliphatic carbocycles. The monoisotopic (exact) mass is 375 g/mol. The van der Waals surface area contributed by atoms with E-state index in [0.29, 0.717) is 10.0 Å². The molecule has 4 rings (SSSR count). The van der Waals surface area contributed by atoms with Crippen molar-refractivity contribution in [3.05, 3.63) is 101 Å². The molecule has 0 aliphatic rings. The zero-order chi connectivity index (χ0) is 17.9. The molecule has 26 heavy (non-hydrogen) atoms. The van der Waals surface area contributed by atoms with Crippen LogP contribution in [0.5, 0.6) is 0 Å². The molecule has 3 heteroatoms. The molecule has 1 aromatic heterocycles. The summed E-state index contributed by atoms with van der Waals surface area (Å²) in [5.74, 6) is 0. The molecule has 0 unspecified atom stereocenters. The Kier molecular flexibility index (Phi) is 4.75. The smallest absolute Gasteiger partial charge is 0.0716 e. The molecule has 0 saturated heterocycles. The van der Waals surface area contributed by atoms with Crippen LogP contribution < -0.4 is 0 Å². The van der Waals surface area contributed by atoms with Gasteiger partial charge >= 0.3 is 0 Å². The highest BCUT2D eigenvalue weighted by molar-refractivity contribution is 6.31. The summed E-state index contributed by atoms with van der Waals surface area (Å²) < 4.78 is 0. The van der Waals surface area contributed by atoms with Crippen molar-refractivity contribution in [1.82, 2.24) is 4.98 Å². The Balaban J connectivity index is 1.91. The second-order valence-electron chi connectivity index (χ2n) is 6.01. The van der Waals surface area contributed by atoms with E-state index >= 15 is 0 Å². The molecule has 0 bridgehead atoms. The van der Waals surface area contributed by atoms with Crippen LogP contribution in [0, 0.1) is 0 Å². The normalized spacial score (nSPS) is 10.7. The zero-order valence-corrected chi connectivity index (χ0v) is 15.4. The molecule has 4 aromatic rings. The molecule has 0 saturated carbocycles. The lowest BCUT2D eigenvalue weighted by atomic mass is 10.00. The van der Waals surface area contributed by atoms with Crippen molar-refractivity contribution in [1.29, 1.82) is 0 Å². The fraction of sp³-hybridized carbons (Fsp3) is 0. The largest absolute Gasteiger partial charge is 0.248 e. The van der Waals surface area contributed by atoms with E-state index in [1.165, 1.54) is 0 Å². The Labute approximate surface area is 162 Å². The highest BCUT2D eigenvalue weighted by Gasteiger charge is 2.09. The van der Waals surface area contributed by atoms with Crippen LogP contribution in [-0.2, 0) is 0 Å². The van der Waals surface area contributed by atoms with E-state index in [-0.39, 0.29) is 0 Å². The van der Waals surface area contributed by atoms with Crippen LogP contribution in [0.25, 0.3) is 33.6 Å². The molecular weight excluding hydrogens is 361 g/mol. The minimum Gasteiger partial charge on any atom is -0.248 e. The molecule has 0 spiro atoms. The summed E-state index contributed by atoms with van der Waals surface area (Å²) >= 11 is 12.2. The van der Waals surface area contributed by atoms with Gasteiger partial charge in [0, 0.05) is 21.2 Å². The Hall–Kier alpha value is -2.61. The van der Waals surface area contributed by atoms with Gasteiger partial charge in [-0.3, -0.25) is 0 Å². The molecular formula is C23H15Cl2N. The Bertz CT molecular complexity index is 1040. The highest BCUT2D eigenvalue weighted by atomic mass is 35.5.